The van der Waals surface area contributed by atoms with Gasteiger partial charge in [0, 0.05) is 53.8 Å². The van der Waals surface area contributed by atoms with Crippen molar-refractivity contribution in [3.8, 4) is 0 Å². The number of hydrogen-bond donors (Lipinski definition) is 1. The van der Waals surface area contributed by atoms with Crippen LogP contribution in [0.4, 0.5) is 0 Å². The first-order chi connectivity index (χ1) is 11.5. The predicted octanol–water partition coefficient (Wildman–Crippen LogP) is 2.64. The molecular weight excluding hydrogens is 324 g/mol. The van der Waals surface area contributed by atoms with E-state index < -0.39 is 15.3 Å². The SMILES string of the molecule is CC(C)S(=O)(=O)N1CCC(c2nc3[nH]ccc3c3cnccc23)C1. The average molecular weight is 344 g/mol. The van der Waals surface area contributed by atoms with Crippen molar-refractivity contribution in [2.75, 3.05) is 13.1 Å². The highest BCUT2D eigenvalue weighted by molar-refractivity contribution is 7.89. The van der Waals surface area contributed by atoms with Crippen molar-refractivity contribution in [1.82, 2.24) is 19.3 Å². The molecule has 7 heteroatoms. The Morgan fingerprint density at radius 2 is 2.08 bits per heavy atom. The molecule has 0 radical (unpaired) electrons. The number of hydrogen-bond acceptors (Lipinski definition) is 4. The fraction of sp³-hybridized carbons (Fsp3) is 0.412. The third-order valence-electron chi connectivity index (χ3n) is 4.84. The van der Waals surface area contributed by atoms with Gasteiger partial charge in [0.25, 0.3) is 0 Å². The molecule has 6 nitrogen and oxygen atoms in total. The number of aromatic nitrogens is 3. The van der Waals surface area contributed by atoms with E-state index in [0.29, 0.717) is 13.1 Å². The molecule has 1 aliphatic rings. The van der Waals surface area contributed by atoms with Crippen LogP contribution in [0, 0.1) is 0 Å². The van der Waals surface area contributed by atoms with Crippen molar-refractivity contribution in [2.45, 2.75) is 31.4 Å². The van der Waals surface area contributed by atoms with Crippen molar-refractivity contribution in [3.05, 3.63) is 36.4 Å². The van der Waals surface area contributed by atoms with E-state index in [1.54, 1.807) is 24.3 Å². The standard InChI is InChI=1S/C17H20N4O2S/c1-11(2)24(22,23)21-8-5-12(10-21)16-13-3-6-18-9-15(13)14-4-7-19-17(14)20-16/h3-4,6-7,9,11-12H,5,8,10H2,1-2H3,(H,19,20). The van der Waals surface area contributed by atoms with Crippen molar-refractivity contribution < 1.29 is 8.42 Å². The maximum atomic E-state index is 12.4. The van der Waals surface area contributed by atoms with E-state index >= 15 is 0 Å². The Morgan fingerprint density at radius 1 is 1.25 bits per heavy atom. The molecule has 0 spiro atoms. The molecule has 126 valence electrons. The number of nitrogens with one attached hydrogen (secondary N) is 1. The Labute approximate surface area is 141 Å². The Bertz CT molecular complexity index is 1010. The summed E-state index contributed by atoms with van der Waals surface area (Å²) in [4.78, 5) is 12.2. The highest BCUT2D eigenvalue weighted by Crippen LogP contribution is 2.35. The van der Waals surface area contributed by atoms with Crippen LogP contribution in [0.1, 0.15) is 31.9 Å². The van der Waals surface area contributed by atoms with Crippen LogP contribution in [0.25, 0.3) is 21.8 Å². The summed E-state index contributed by atoms with van der Waals surface area (Å²) in [6.45, 7) is 4.51. The molecule has 1 atom stereocenters. The second-order valence-electron chi connectivity index (χ2n) is 6.60. The third kappa shape index (κ3) is 2.31. The monoisotopic (exact) mass is 344 g/mol. The smallest absolute Gasteiger partial charge is 0.216 e. The zero-order valence-corrected chi connectivity index (χ0v) is 14.5. The number of sulfonamides is 1. The first-order valence-electron chi connectivity index (χ1n) is 8.18. The van der Waals surface area contributed by atoms with Crippen molar-refractivity contribution >= 4 is 31.8 Å². The van der Waals surface area contributed by atoms with E-state index in [2.05, 4.69) is 9.97 Å². The summed E-state index contributed by atoms with van der Waals surface area (Å²) in [6.07, 6.45) is 6.29. The molecular formula is C17H20N4O2S. The minimum Gasteiger partial charge on any atom is -0.346 e. The van der Waals surface area contributed by atoms with Gasteiger partial charge in [-0.15, -0.1) is 0 Å². The van der Waals surface area contributed by atoms with Gasteiger partial charge in [-0.25, -0.2) is 17.7 Å². The molecule has 0 aliphatic carbocycles. The van der Waals surface area contributed by atoms with Gasteiger partial charge in [-0.3, -0.25) is 4.98 Å². The van der Waals surface area contributed by atoms with Crippen molar-refractivity contribution in [2.24, 2.45) is 0 Å². The van der Waals surface area contributed by atoms with Gasteiger partial charge < -0.3 is 4.98 Å². The van der Waals surface area contributed by atoms with Gasteiger partial charge in [-0.05, 0) is 32.4 Å². The van der Waals surface area contributed by atoms with Crippen LogP contribution in [-0.4, -0.2) is 46.0 Å². The highest BCUT2D eigenvalue weighted by atomic mass is 32.2. The summed E-state index contributed by atoms with van der Waals surface area (Å²) in [5.41, 5.74) is 1.79. The Morgan fingerprint density at radius 3 is 2.88 bits per heavy atom. The molecule has 4 rings (SSSR count). The minimum absolute atomic E-state index is 0.108. The first-order valence-corrected chi connectivity index (χ1v) is 9.68. The molecule has 3 aromatic rings. The molecule has 1 fully saturated rings. The number of aromatic amines is 1. The lowest BCUT2D eigenvalue weighted by molar-refractivity contribution is 0.465. The number of fused-ring (bicyclic) bond motifs is 3. The topological polar surface area (TPSA) is 79.0 Å². The lowest BCUT2D eigenvalue weighted by Crippen LogP contribution is -2.34. The first kappa shape index (κ1) is 15.5. The Kier molecular flexibility index (Phi) is 3.58. The van der Waals surface area contributed by atoms with E-state index in [9.17, 15) is 8.42 Å². The molecule has 1 unspecified atom stereocenters. The molecule has 1 saturated heterocycles. The van der Waals surface area contributed by atoms with Crippen LogP contribution >= 0.6 is 0 Å². The van der Waals surface area contributed by atoms with Crippen LogP contribution in [0.3, 0.4) is 0 Å². The summed E-state index contributed by atoms with van der Waals surface area (Å²) in [5, 5.41) is 2.78. The summed E-state index contributed by atoms with van der Waals surface area (Å²) < 4.78 is 26.5. The van der Waals surface area contributed by atoms with Gasteiger partial charge in [0.1, 0.15) is 5.65 Å². The summed E-state index contributed by atoms with van der Waals surface area (Å²) in [5.74, 6) is 0.108. The molecule has 0 amide bonds. The molecule has 4 heterocycles. The van der Waals surface area contributed by atoms with Crippen molar-refractivity contribution in [1.29, 1.82) is 0 Å². The quantitative estimate of drug-likeness (QED) is 0.792. The molecule has 24 heavy (non-hydrogen) atoms. The number of H-pyrrole nitrogens is 1. The molecule has 0 saturated carbocycles. The van der Waals surface area contributed by atoms with Crippen LogP contribution in [-0.2, 0) is 10.0 Å². The zero-order chi connectivity index (χ0) is 16.9. The Balaban J connectivity index is 1.79. The summed E-state index contributed by atoms with van der Waals surface area (Å²) >= 11 is 0. The van der Waals surface area contributed by atoms with E-state index in [4.69, 9.17) is 4.98 Å². The van der Waals surface area contributed by atoms with Gasteiger partial charge in [0.2, 0.25) is 10.0 Å². The average Bonchev–Trinajstić information content (AvgIpc) is 3.23. The Hall–Kier alpha value is -1.99. The van der Waals surface area contributed by atoms with E-state index in [1.807, 2.05) is 24.5 Å². The van der Waals surface area contributed by atoms with E-state index in [0.717, 1.165) is 33.9 Å². The van der Waals surface area contributed by atoms with Gasteiger partial charge in [-0.1, -0.05) is 0 Å². The van der Waals surface area contributed by atoms with Gasteiger partial charge >= 0.3 is 0 Å². The molecule has 1 N–H and O–H groups in total. The summed E-state index contributed by atoms with van der Waals surface area (Å²) in [6, 6.07) is 3.98. The van der Waals surface area contributed by atoms with Gasteiger partial charge in [-0.2, -0.15) is 0 Å². The predicted molar refractivity (Wildman–Crippen MR) is 94.4 cm³/mol. The second-order valence-corrected chi connectivity index (χ2v) is 9.08. The molecule has 1 aliphatic heterocycles. The zero-order valence-electron chi connectivity index (χ0n) is 13.7. The maximum absolute atomic E-state index is 12.4. The number of pyridine rings is 2. The largest absolute Gasteiger partial charge is 0.346 e. The lowest BCUT2D eigenvalue weighted by Gasteiger charge is -2.19. The summed E-state index contributed by atoms with van der Waals surface area (Å²) in [7, 11) is -3.22. The number of nitrogens with zero attached hydrogens (tertiary/aromatic N) is 3. The minimum atomic E-state index is -3.22. The van der Waals surface area contributed by atoms with Crippen LogP contribution in [0.5, 0.6) is 0 Å². The van der Waals surface area contributed by atoms with Crippen molar-refractivity contribution in [3.63, 3.8) is 0 Å². The molecule has 0 aromatic carbocycles. The molecule has 0 bridgehead atoms. The fourth-order valence-corrected chi connectivity index (χ4v) is 4.82. The van der Waals surface area contributed by atoms with E-state index in [-0.39, 0.29) is 5.92 Å². The lowest BCUT2D eigenvalue weighted by atomic mass is 9.98. The second kappa shape index (κ2) is 5.53. The maximum Gasteiger partial charge on any atom is 0.216 e. The molecule has 3 aromatic heterocycles. The van der Waals surface area contributed by atoms with Gasteiger partial charge in [0.15, 0.2) is 0 Å². The third-order valence-corrected chi connectivity index (χ3v) is 7.08. The number of rotatable bonds is 3. The fourth-order valence-electron chi connectivity index (χ4n) is 3.48. The van der Waals surface area contributed by atoms with Crippen LogP contribution in [0.15, 0.2) is 30.7 Å². The van der Waals surface area contributed by atoms with Crippen LogP contribution < -0.4 is 0 Å². The van der Waals surface area contributed by atoms with Gasteiger partial charge in [0.05, 0.1) is 10.9 Å². The van der Waals surface area contributed by atoms with Crippen LogP contribution in [0.2, 0.25) is 0 Å². The highest BCUT2D eigenvalue weighted by Gasteiger charge is 2.35. The van der Waals surface area contributed by atoms with E-state index in [1.165, 1.54) is 0 Å². The normalized spacial score (nSPS) is 19.7.